The number of hydrogen-bond donors (Lipinski definition) is 0. The molecule has 0 saturated heterocycles. The van der Waals surface area contributed by atoms with E-state index >= 15 is 0 Å². The Kier molecular flexibility index (Phi) is 53.4. The van der Waals surface area contributed by atoms with Gasteiger partial charge in [-0.2, -0.15) is 0 Å². The third kappa shape index (κ3) is 53.4. The van der Waals surface area contributed by atoms with Crippen LogP contribution in [0, 0.1) is 0 Å². The second-order valence-corrected chi connectivity index (χ2v) is 18.1. The molecule has 0 aliphatic heterocycles. The molecule has 378 valence electrons. The largest absolute Gasteiger partial charge is 0.462 e. The molecule has 0 fully saturated rings. The van der Waals surface area contributed by atoms with Crippen LogP contribution in [0.4, 0.5) is 0 Å². The number of carbonyl (C=O) groups is 2. The molecule has 1 atom stereocenters. The molecule has 0 heterocycles. The third-order valence-electron chi connectivity index (χ3n) is 11.6. The molecule has 0 rings (SSSR count). The highest BCUT2D eigenvalue weighted by molar-refractivity contribution is 5.70. The maximum absolute atomic E-state index is 12.8. The van der Waals surface area contributed by atoms with Crippen molar-refractivity contribution in [2.75, 3.05) is 19.8 Å². The van der Waals surface area contributed by atoms with Gasteiger partial charge < -0.3 is 14.2 Å². The standard InChI is InChI=1S/C61H104O5/c1-4-7-10-13-16-19-22-25-28-30-31-32-34-36-39-42-45-48-51-54-60(62)65-58-59(57-64-56-53-50-47-44-41-38-35-29-26-23-20-17-14-11-8-5-2)66-61(63)55-52-49-46-43-40-37-33-27-24-21-18-15-12-9-6-3/h7-8,10-11,16-17,19-20,25-29,31-33,59H,4-6,9,12-15,18,21-24,30,34-58H2,1-3H3/b10-7-,11-8-,19-16-,20-17-,28-25-,29-26-,32-31-,33-27-. The van der Waals surface area contributed by atoms with Crippen LogP contribution >= 0.6 is 0 Å². The molecule has 66 heavy (non-hydrogen) atoms. The number of unbranched alkanes of at least 4 members (excludes halogenated alkanes) is 23. The fraction of sp³-hybridized carbons (Fsp3) is 0.705. The number of ether oxygens (including phenoxy) is 3. The van der Waals surface area contributed by atoms with Crippen LogP contribution < -0.4 is 0 Å². The van der Waals surface area contributed by atoms with Crippen LogP contribution in [0.5, 0.6) is 0 Å². The van der Waals surface area contributed by atoms with Crippen LogP contribution in [0.3, 0.4) is 0 Å². The monoisotopic (exact) mass is 917 g/mol. The summed E-state index contributed by atoms with van der Waals surface area (Å²) in [5.74, 6) is -0.430. The molecule has 0 spiro atoms. The van der Waals surface area contributed by atoms with E-state index in [-0.39, 0.29) is 25.2 Å². The van der Waals surface area contributed by atoms with Crippen molar-refractivity contribution in [2.24, 2.45) is 0 Å². The second-order valence-electron chi connectivity index (χ2n) is 18.1. The van der Waals surface area contributed by atoms with E-state index in [1.165, 1.54) is 103 Å². The van der Waals surface area contributed by atoms with Gasteiger partial charge in [-0.05, 0) is 116 Å². The van der Waals surface area contributed by atoms with Crippen LogP contribution in [-0.2, 0) is 23.8 Å². The Bertz CT molecular complexity index is 1270. The van der Waals surface area contributed by atoms with Crippen molar-refractivity contribution >= 4 is 11.9 Å². The van der Waals surface area contributed by atoms with Crippen molar-refractivity contribution < 1.29 is 23.8 Å². The van der Waals surface area contributed by atoms with Crippen LogP contribution in [0.15, 0.2) is 97.2 Å². The lowest BCUT2D eigenvalue weighted by Crippen LogP contribution is -2.30. The highest BCUT2D eigenvalue weighted by atomic mass is 16.6. The van der Waals surface area contributed by atoms with Crippen molar-refractivity contribution in [3.05, 3.63) is 97.2 Å². The highest BCUT2D eigenvalue weighted by Gasteiger charge is 2.17. The average Bonchev–Trinajstić information content (AvgIpc) is 3.32. The molecule has 5 nitrogen and oxygen atoms in total. The molecule has 0 N–H and O–H groups in total. The fourth-order valence-electron chi connectivity index (χ4n) is 7.51. The number of esters is 2. The molecular formula is C61H104O5. The first-order valence-electron chi connectivity index (χ1n) is 27.8. The summed E-state index contributed by atoms with van der Waals surface area (Å²) in [5, 5.41) is 0. The van der Waals surface area contributed by atoms with Gasteiger partial charge in [0.2, 0.25) is 0 Å². The highest BCUT2D eigenvalue weighted by Crippen LogP contribution is 2.14. The summed E-state index contributed by atoms with van der Waals surface area (Å²) in [6.45, 7) is 7.56. The van der Waals surface area contributed by atoms with Crippen LogP contribution in [0.1, 0.15) is 252 Å². The van der Waals surface area contributed by atoms with Gasteiger partial charge in [0, 0.05) is 19.4 Å². The number of rotatable bonds is 50. The number of hydrogen-bond acceptors (Lipinski definition) is 5. The topological polar surface area (TPSA) is 61.8 Å². The Hall–Kier alpha value is -3.18. The van der Waals surface area contributed by atoms with Crippen LogP contribution in [-0.4, -0.2) is 37.9 Å². The predicted molar refractivity (Wildman–Crippen MR) is 288 cm³/mol. The van der Waals surface area contributed by atoms with Crippen molar-refractivity contribution in [2.45, 2.75) is 258 Å². The maximum Gasteiger partial charge on any atom is 0.306 e. The van der Waals surface area contributed by atoms with Gasteiger partial charge in [0.1, 0.15) is 6.61 Å². The Balaban J connectivity index is 4.34. The van der Waals surface area contributed by atoms with Gasteiger partial charge in [0.25, 0.3) is 0 Å². The third-order valence-corrected chi connectivity index (χ3v) is 11.6. The van der Waals surface area contributed by atoms with E-state index in [0.29, 0.717) is 19.4 Å². The van der Waals surface area contributed by atoms with E-state index < -0.39 is 6.10 Å². The summed E-state index contributed by atoms with van der Waals surface area (Å²) in [7, 11) is 0. The lowest BCUT2D eigenvalue weighted by atomic mass is 10.1. The van der Waals surface area contributed by atoms with Crippen molar-refractivity contribution in [3.63, 3.8) is 0 Å². The molecule has 0 aliphatic carbocycles. The fourth-order valence-corrected chi connectivity index (χ4v) is 7.51. The first-order valence-corrected chi connectivity index (χ1v) is 27.8. The molecule has 0 bridgehead atoms. The van der Waals surface area contributed by atoms with E-state index in [1.807, 2.05) is 0 Å². The summed E-state index contributed by atoms with van der Waals surface area (Å²) in [6.07, 6.45) is 75.6. The SMILES string of the molecule is CC/C=C\C/C=C\C/C=C\C/C=C\CCCCCCCCC(=O)OCC(COCCCCCCCC/C=C\C/C=C\C/C=C\CC)OC(=O)CCCCCCC/C=C\CCCCCCCC. The Morgan fingerprint density at radius 2 is 0.682 bits per heavy atom. The Labute approximate surface area is 409 Å². The zero-order valence-electron chi connectivity index (χ0n) is 43.4. The molecule has 0 aromatic heterocycles. The van der Waals surface area contributed by atoms with Gasteiger partial charge in [0.05, 0.1) is 6.61 Å². The molecule has 0 aromatic rings. The van der Waals surface area contributed by atoms with E-state index in [1.54, 1.807) is 0 Å². The second kappa shape index (κ2) is 56.1. The quantitative estimate of drug-likeness (QED) is 0.0346. The lowest BCUT2D eigenvalue weighted by Gasteiger charge is -2.18. The van der Waals surface area contributed by atoms with Gasteiger partial charge in [-0.3, -0.25) is 9.59 Å². The maximum atomic E-state index is 12.8. The number of allylic oxidation sites excluding steroid dienone is 16. The summed E-state index contributed by atoms with van der Waals surface area (Å²) in [4.78, 5) is 25.5. The predicted octanol–water partition coefficient (Wildman–Crippen LogP) is 19.0. The lowest BCUT2D eigenvalue weighted by molar-refractivity contribution is -0.163. The van der Waals surface area contributed by atoms with Gasteiger partial charge in [0.15, 0.2) is 6.10 Å². The van der Waals surface area contributed by atoms with E-state index in [2.05, 4.69) is 118 Å². The molecule has 5 heteroatoms. The first kappa shape index (κ1) is 62.8. The van der Waals surface area contributed by atoms with Gasteiger partial charge in [-0.1, -0.05) is 221 Å². The van der Waals surface area contributed by atoms with Crippen molar-refractivity contribution in [1.29, 1.82) is 0 Å². The normalized spacial score (nSPS) is 13.0. The average molecular weight is 917 g/mol. The first-order chi connectivity index (χ1) is 32.6. The minimum atomic E-state index is -0.559. The van der Waals surface area contributed by atoms with Crippen molar-refractivity contribution in [3.8, 4) is 0 Å². The summed E-state index contributed by atoms with van der Waals surface area (Å²) in [5.41, 5.74) is 0. The smallest absolute Gasteiger partial charge is 0.306 e. The minimum Gasteiger partial charge on any atom is -0.462 e. The molecule has 0 aliphatic rings. The van der Waals surface area contributed by atoms with Gasteiger partial charge in [-0.15, -0.1) is 0 Å². The molecule has 0 aromatic carbocycles. The molecule has 0 radical (unpaired) electrons. The summed E-state index contributed by atoms with van der Waals surface area (Å²) in [6, 6.07) is 0. The molecular weight excluding hydrogens is 813 g/mol. The van der Waals surface area contributed by atoms with E-state index in [4.69, 9.17) is 14.2 Å². The van der Waals surface area contributed by atoms with E-state index in [9.17, 15) is 9.59 Å². The van der Waals surface area contributed by atoms with Crippen molar-refractivity contribution in [1.82, 2.24) is 0 Å². The Morgan fingerprint density at radius 3 is 1.11 bits per heavy atom. The molecule has 0 saturated carbocycles. The molecule has 0 amide bonds. The summed E-state index contributed by atoms with van der Waals surface area (Å²) < 4.78 is 17.4. The zero-order chi connectivity index (χ0) is 47.7. The van der Waals surface area contributed by atoms with Gasteiger partial charge in [-0.25, -0.2) is 0 Å². The molecule has 1 unspecified atom stereocenters. The zero-order valence-corrected chi connectivity index (χ0v) is 43.4. The van der Waals surface area contributed by atoms with Gasteiger partial charge >= 0.3 is 11.9 Å². The van der Waals surface area contributed by atoms with Crippen LogP contribution in [0.25, 0.3) is 0 Å². The number of carbonyl (C=O) groups excluding carboxylic acids is 2. The van der Waals surface area contributed by atoms with Crippen LogP contribution in [0.2, 0.25) is 0 Å². The minimum absolute atomic E-state index is 0.0648. The van der Waals surface area contributed by atoms with E-state index in [0.717, 1.165) is 116 Å². The summed E-state index contributed by atoms with van der Waals surface area (Å²) >= 11 is 0. The Morgan fingerprint density at radius 1 is 0.348 bits per heavy atom.